The molecule has 140 valence electrons. The largest absolute Gasteiger partial charge is 0.489 e. The first-order chi connectivity index (χ1) is 13.6. The Hall–Kier alpha value is -3.04. The molecule has 0 saturated heterocycles. The van der Waals surface area contributed by atoms with Crippen LogP contribution in [0.15, 0.2) is 78.9 Å². The van der Waals surface area contributed by atoms with Gasteiger partial charge in [0.05, 0.1) is 5.56 Å². The number of nitrogens with zero attached hydrogens (tertiary/aromatic N) is 1. The van der Waals surface area contributed by atoms with Gasteiger partial charge in [0.15, 0.2) is 0 Å². The lowest BCUT2D eigenvalue weighted by atomic mass is 10.1. The lowest BCUT2D eigenvalue weighted by molar-refractivity contribution is 0.108. The van der Waals surface area contributed by atoms with Crippen molar-refractivity contribution in [3.8, 4) is 5.75 Å². The minimum Gasteiger partial charge on any atom is -0.489 e. The number of carbonyl (C=O) groups is 1. The van der Waals surface area contributed by atoms with Crippen molar-refractivity contribution >= 4 is 27.7 Å². The van der Waals surface area contributed by atoms with Crippen LogP contribution in [0, 0.1) is 6.92 Å². The van der Waals surface area contributed by atoms with E-state index in [9.17, 15) is 4.79 Å². The van der Waals surface area contributed by atoms with Crippen molar-refractivity contribution < 1.29 is 9.53 Å². The number of rotatable bonds is 6. The maximum atomic E-state index is 12.1. The molecule has 0 atom stereocenters. The standard InChI is InChI=1S/C24H20ClNO2/c1-17-23(24(25)27)21-14-20(28-16-19-10-6-3-7-11-19)12-13-22(21)26(17)15-18-8-4-2-5-9-18/h2-14H,15-16H2,1H3. The van der Waals surface area contributed by atoms with Crippen molar-refractivity contribution in [3.05, 3.63) is 101 Å². The summed E-state index contributed by atoms with van der Waals surface area (Å²) in [5.74, 6) is 0.715. The number of hydrogen-bond donors (Lipinski definition) is 0. The van der Waals surface area contributed by atoms with Crippen molar-refractivity contribution in [3.63, 3.8) is 0 Å². The van der Waals surface area contributed by atoms with Gasteiger partial charge in [0, 0.05) is 23.1 Å². The monoisotopic (exact) mass is 389 g/mol. The Morgan fingerprint density at radius 1 is 0.929 bits per heavy atom. The summed E-state index contributed by atoms with van der Waals surface area (Å²) in [5.41, 5.74) is 4.63. The fourth-order valence-electron chi connectivity index (χ4n) is 3.51. The highest BCUT2D eigenvalue weighted by atomic mass is 35.5. The van der Waals surface area contributed by atoms with Gasteiger partial charge in [0.1, 0.15) is 12.4 Å². The third-order valence-electron chi connectivity index (χ3n) is 4.92. The highest BCUT2D eigenvalue weighted by molar-refractivity contribution is 6.68. The second kappa shape index (κ2) is 7.91. The van der Waals surface area contributed by atoms with Gasteiger partial charge in [-0.2, -0.15) is 0 Å². The molecule has 0 aliphatic carbocycles. The predicted octanol–water partition coefficient (Wildman–Crippen LogP) is 5.96. The van der Waals surface area contributed by atoms with E-state index in [1.165, 1.54) is 5.56 Å². The summed E-state index contributed by atoms with van der Waals surface area (Å²) in [5, 5.41) is 0.369. The molecule has 28 heavy (non-hydrogen) atoms. The number of aromatic nitrogens is 1. The lowest BCUT2D eigenvalue weighted by Gasteiger charge is -2.10. The van der Waals surface area contributed by atoms with Crippen LogP contribution in [-0.4, -0.2) is 9.81 Å². The SMILES string of the molecule is Cc1c(C(=O)Cl)c2cc(OCc3ccccc3)ccc2n1Cc1ccccc1. The third-order valence-corrected chi connectivity index (χ3v) is 5.11. The van der Waals surface area contributed by atoms with Gasteiger partial charge in [-0.25, -0.2) is 0 Å². The predicted molar refractivity (Wildman–Crippen MR) is 113 cm³/mol. The van der Waals surface area contributed by atoms with E-state index >= 15 is 0 Å². The molecule has 0 amide bonds. The summed E-state index contributed by atoms with van der Waals surface area (Å²) in [7, 11) is 0. The number of halogens is 1. The maximum Gasteiger partial charge on any atom is 0.254 e. The Morgan fingerprint density at radius 2 is 1.57 bits per heavy atom. The molecule has 4 aromatic rings. The van der Waals surface area contributed by atoms with Crippen LogP contribution in [0.25, 0.3) is 10.9 Å². The third kappa shape index (κ3) is 3.67. The second-order valence-corrected chi connectivity index (χ2v) is 7.10. The van der Waals surface area contributed by atoms with Gasteiger partial charge in [0.2, 0.25) is 0 Å². The first-order valence-corrected chi connectivity index (χ1v) is 9.54. The first-order valence-electron chi connectivity index (χ1n) is 9.17. The van der Waals surface area contributed by atoms with E-state index < -0.39 is 5.24 Å². The number of fused-ring (bicyclic) bond motifs is 1. The Balaban J connectivity index is 1.71. The van der Waals surface area contributed by atoms with Crippen LogP contribution in [0.3, 0.4) is 0 Å². The van der Waals surface area contributed by atoms with Gasteiger partial charge in [-0.15, -0.1) is 0 Å². The maximum absolute atomic E-state index is 12.1. The zero-order chi connectivity index (χ0) is 19.5. The van der Waals surface area contributed by atoms with Gasteiger partial charge in [-0.1, -0.05) is 60.7 Å². The quantitative estimate of drug-likeness (QED) is 0.381. The summed E-state index contributed by atoms with van der Waals surface area (Å²) in [6, 6.07) is 26.0. The van der Waals surface area contributed by atoms with Crippen LogP contribution in [0.2, 0.25) is 0 Å². The van der Waals surface area contributed by atoms with Gasteiger partial charge in [0.25, 0.3) is 5.24 Å². The van der Waals surface area contributed by atoms with E-state index in [1.54, 1.807) is 0 Å². The molecule has 0 aliphatic rings. The van der Waals surface area contributed by atoms with Gasteiger partial charge in [-0.3, -0.25) is 4.79 Å². The van der Waals surface area contributed by atoms with E-state index in [0.29, 0.717) is 24.5 Å². The molecule has 0 aliphatic heterocycles. The van der Waals surface area contributed by atoms with Crippen molar-refractivity contribution in [1.29, 1.82) is 0 Å². The van der Waals surface area contributed by atoms with E-state index in [2.05, 4.69) is 16.7 Å². The Bertz CT molecular complexity index is 1120. The molecule has 0 fully saturated rings. The van der Waals surface area contributed by atoms with Gasteiger partial charge < -0.3 is 9.30 Å². The summed E-state index contributed by atoms with van der Waals surface area (Å²) < 4.78 is 8.06. The molecule has 3 aromatic carbocycles. The minimum atomic E-state index is -0.450. The van der Waals surface area contributed by atoms with Gasteiger partial charge >= 0.3 is 0 Å². The van der Waals surface area contributed by atoms with E-state index in [4.69, 9.17) is 16.3 Å². The van der Waals surface area contributed by atoms with E-state index in [-0.39, 0.29) is 0 Å². The zero-order valence-electron chi connectivity index (χ0n) is 15.6. The lowest BCUT2D eigenvalue weighted by Crippen LogP contribution is -2.03. The Morgan fingerprint density at radius 3 is 2.21 bits per heavy atom. The molecule has 1 aromatic heterocycles. The fraction of sp³-hybridized carbons (Fsp3) is 0.125. The molecule has 0 spiro atoms. The minimum absolute atomic E-state index is 0.450. The number of carbonyl (C=O) groups excluding carboxylic acids is 1. The van der Waals surface area contributed by atoms with Crippen LogP contribution in [0.1, 0.15) is 27.2 Å². The summed E-state index contributed by atoms with van der Waals surface area (Å²) in [4.78, 5) is 12.1. The number of hydrogen-bond acceptors (Lipinski definition) is 2. The highest BCUT2D eigenvalue weighted by Gasteiger charge is 2.19. The summed E-state index contributed by atoms with van der Waals surface area (Å²) in [6.07, 6.45) is 0. The molecule has 0 bridgehead atoms. The summed E-state index contributed by atoms with van der Waals surface area (Å²) in [6.45, 7) is 3.08. The molecular formula is C24H20ClNO2. The number of ether oxygens (including phenoxy) is 1. The molecule has 4 heteroatoms. The van der Waals surface area contributed by atoms with Crippen molar-refractivity contribution in [2.24, 2.45) is 0 Å². The highest BCUT2D eigenvalue weighted by Crippen LogP contribution is 2.31. The molecule has 3 nitrogen and oxygen atoms in total. The van der Waals surface area contributed by atoms with Crippen molar-refractivity contribution in [2.75, 3.05) is 0 Å². The molecule has 0 N–H and O–H groups in total. The molecule has 4 rings (SSSR count). The Kier molecular flexibility index (Phi) is 5.18. The Labute approximate surface area is 169 Å². The average Bonchev–Trinajstić information content (AvgIpc) is 2.99. The van der Waals surface area contributed by atoms with Gasteiger partial charge in [-0.05, 0) is 47.9 Å². The van der Waals surface area contributed by atoms with Crippen LogP contribution in [0.4, 0.5) is 0 Å². The summed E-state index contributed by atoms with van der Waals surface area (Å²) >= 11 is 5.94. The average molecular weight is 390 g/mol. The first kappa shape index (κ1) is 18.3. The fourth-order valence-corrected chi connectivity index (χ4v) is 3.75. The molecule has 1 heterocycles. The smallest absolute Gasteiger partial charge is 0.254 e. The number of benzene rings is 3. The van der Waals surface area contributed by atoms with Crippen molar-refractivity contribution in [1.82, 2.24) is 4.57 Å². The van der Waals surface area contributed by atoms with Crippen LogP contribution in [-0.2, 0) is 13.2 Å². The van der Waals surface area contributed by atoms with E-state index in [0.717, 1.165) is 22.2 Å². The zero-order valence-corrected chi connectivity index (χ0v) is 16.3. The molecule has 0 radical (unpaired) electrons. The normalized spacial score (nSPS) is 10.9. The van der Waals surface area contributed by atoms with Crippen LogP contribution < -0.4 is 4.74 Å². The topological polar surface area (TPSA) is 31.2 Å². The van der Waals surface area contributed by atoms with Crippen LogP contribution >= 0.6 is 11.6 Å². The second-order valence-electron chi connectivity index (χ2n) is 6.76. The van der Waals surface area contributed by atoms with Crippen LogP contribution in [0.5, 0.6) is 5.75 Å². The molecular weight excluding hydrogens is 370 g/mol. The molecule has 0 saturated carbocycles. The van der Waals surface area contributed by atoms with Crippen molar-refractivity contribution in [2.45, 2.75) is 20.1 Å². The molecule has 0 unspecified atom stereocenters. The van der Waals surface area contributed by atoms with E-state index in [1.807, 2.05) is 73.7 Å².